The molecule has 84 valence electrons. The Hall–Kier alpha value is -1.33. The van der Waals surface area contributed by atoms with Gasteiger partial charge in [0.25, 0.3) is 0 Å². The van der Waals surface area contributed by atoms with Crippen LogP contribution >= 0.6 is 11.3 Å². The lowest BCUT2D eigenvalue weighted by Crippen LogP contribution is -2.10. The summed E-state index contributed by atoms with van der Waals surface area (Å²) in [6.07, 6.45) is 4.56. The van der Waals surface area contributed by atoms with Gasteiger partial charge in [-0.15, -0.1) is 11.3 Å². The molecular weight excluding hydrogens is 225 g/mol. The lowest BCUT2D eigenvalue weighted by atomic mass is 10.3. The van der Waals surface area contributed by atoms with E-state index in [0.29, 0.717) is 10.6 Å². The maximum atomic E-state index is 13.5. The van der Waals surface area contributed by atoms with Gasteiger partial charge in [-0.2, -0.15) is 0 Å². The van der Waals surface area contributed by atoms with Crippen molar-refractivity contribution in [3.63, 3.8) is 0 Å². The minimum absolute atomic E-state index is 0.233. The quantitative estimate of drug-likeness (QED) is 0.891. The Kier molecular flexibility index (Phi) is 3.26. The number of nitrogens with one attached hydrogen (secondary N) is 1. The van der Waals surface area contributed by atoms with E-state index in [1.807, 2.05) is 14.0 Å². The van der Waals surface area contributed by atoms with E-state index >= 15 is 0 Å². The predicted molar refractivity (Wildman–Crippen MR) is 62.8 cm³/mol. The first-order valence-corrected chi connectivity index (χ1v) is 5.77. The van der Waals surface area contributed by atoms with Crippen LogP contribution in [-0.2, 0) is 0 Å². The van der Waals surface area contributed by atoms with Crippen LogP contribution in [0.25, 0.3) is 10.6 Å². The van der Waals surface area contributed by atoms with Crippen molar-refractivity contribution in [1.82, 2.24) is 15.3 Å². The van der Waals surface area contributed by atoms with Gasteiger partial charge in [0.1, 0.15) is 5.01 Å². The molecule has 0 aromatic carbocycles. The molecule has 0 aliphatic rings. The minimum Gasteiger partial charge on any atom is -0.312 e. The van der Waals surface area contributed by atoms with Gasteiger partial charge < -0.3 is 5.32 Å². The van der Waals surface area contributed by atoms with Crippen LogP contribution in [0.4, 0.5) is 4.39 Å². The summed E-state index contributed by atoms with van der Waals surface area (Å²) in [5.74, 6) is -0.333. The maximum absolute atomic E-state index is 13.5. The maximum Gasteiger partial charge on any atom is 0.151 e. The molecule has 0 aliphatic heterocycles. The van der Waals surface area contributed by atoms with Crippen LogP contribution in [0, 0.1) is 5.82 Å². The molecule has 1 atom stereocenters. The van der Waals surface area contributed by atoms with E-state index < -0.39 is 0 Å². The number of thiazole rings is 1. The van der Waals surface area contributed by atoms with Crippen molar-refractivity contribution in [3.8, 4) is 10.6 Å². The third-order valence-corrected chi connectivity index (χ3v) is 3.60. The first-order valence-electron chi connectivity index (χ1n) is 4.95. The standard InChI is InChI=1S/C11H12FN3S/c1-7(13-2)10-6-15-11(16-10)8-3-4-14-5-9(8)12/h3-7,13H,1-2H3. The van der Waals surface area contributed by atoms with Gasteiger partial charge >= 0.3 is 0 Å². The summed E-state index contributed by atoms with van der Waals surface area (Å²) >= 11 is 1.49. The van der Waals surface area contributed by atoms with Gasteiger partial charge in [-0.05, 0) is 20.0 Å². The van der Waals surface area contributed by atoms with Gasteiger partial charge in [0, 0.05) is 28.9 Å². The lowest BCUT2D eigenvalue weighted by molar-refractivity contribution is 0.625. The summed E-state index contributed by atoms with van der Waals surface area (Å²) in [6, 6.07) is 1.87. The first-order chi connectivity index (χ1) is 7.72. The Morgan fingerprint density at radius 3 is 2.94 bits per heavy atom. The van der Waals surface area contributed by atoms with Crippen molar-refractivity contribution < 1.29 is 4.39 Å². The average Bonchev–Trinajstić information content (AvgIpc) is 2.78. The van der Waals surface area contributed by atoms with Gasteiger partial charge in [-0.3, -0.25) is 4.98 Å². The van der Waals surface area contributed by atoms with Crippen LogP contribution in [0.15, 0.2) is 24.7 Å². The SMILES string of the molecule is CNC(C)c1cnc(-c2ccncc2F)s1. The molecule has 2 aromatic heterocycles. The molecule has 0 amide bonds. The monoisotopic (exact) mass is 237 g/mol. The Morgan fingerprint density at radius 2 is 2.25 bits per heavy atom. The second kappa shape index (κ2) is 4.67. The van der Waals surface area contributed by atoms with Gasteiger partial charge in [0.05, 0.1) is 6.20 Å². The van der Waals surface area contributed by atoms with Gasteiger partial charge in [0.15, 0.2) is 5.82 Å². The van der Waals surface area contributed by atoms with Crippen molar-refractivity contribution in [3.05, 3.63) is 35.4 Å². The second-order valence-electron chi connectivity index (χ2n) is 3.43. The highest BCUT2D eigenvalue weighted by Crippen LogP contribution is 2.29. The first kappa shape index (κ1) is 11.2. The van der Waals surface area contributed by atoms with Crippen molar-refractivity contribution in [2.24, 2.45) is 0 Å². The Labute approximate surface area is 97.4 Å². The summed E-state index contributed by atoms with van der Waals surface area (Å²) in [5.41, 5.74) is 0.509. The molecule has 1 N–H and O–H groups in total. The lowest BCUT2D eigenvalue weighted by Gasteiger charge is -2.04. The molecule has 0 radical (unpaired) electrons. The number of hydrogen-bond acceptors (Lipinski definition) is 4. The molecule has 2 heterocycles. The smallest absolute Gasteiger partial charge is 0.151 e. The zero-order chi connectivity index (χ0) is 11.5. The van der Waals surface area contributed by atoms with Gasteiger partial charge in [0.2, 0.25) is 0 Å². The van der Waals surface area contributed by atoms with Crippen LogP contribution in [0.2, 0.25) is 0 Å². The average molecular weight is 237 g/mol. The third kappa shape index (κ3) is 2.10. The normalized spacial score (nSPS) is 12.7. The Balaban J connectivity index is 2.35. The summed E-state index contributed by atoms with van der Waals surface area (Å²) < 4.78 is 13.5. The highest BCUT2D eigenvalue weighted by Gasteiger charge is 2.12. The molecule has 2 aromatic rings. The number of nitrogens with zero attached hydrogens (tertiary/aromatic N) is 2. The van der Waals surface area contributed by atoms with Crippen LogP contribution in [-0.4, -0.2) is 17.0 Å². The molecule has 3 nitrogen and oxygen atoms in total. The van der Waals surface area contributed by atoms with Crippen molar-refractivity contribution in [2.75, 3.05) is 7.05 Å². The highest BCUT2D eigenvalue weighted by atomic mass is 32.1. The number of aromatic nitrogens is 2. The highest BCUT2D eigenvalue weighted by molar-refractivity contribution is 7.15. The molecule has 16 heavy (non-hydrogen) atoms. The molecule has 0 spiro atoms. The fraction of sp³-hybridized carbons (Fsp3) is 0.273. The number of pyridine rings is 1. The molecular formula is C11H12FN3S. The van der Waals surface area contributed by atoms with E-state index in [2.05, 4.69) is 15.3 Å². The van der Waals surface area contributed by atoms with Gasteiger partial charge in [-0.1, -0.05) is 0 Å². The van der Waals surface area contributed by atoms with E-state index in [1.54, 1.807) is 18.5 Å². The van der Waals surface area contributed by atoms with E-state index in [4.69, 9.17) is 0 Å². The molecule has 0 bridgehead atoms. The molecule has 0 saturated heterocycles. The molecule has 5 heteroatoms. The van der Waals surface area contributed by atoms with Crippen LogP contribution in [0.5, 0.6) is 0 Å². The molecule has 2 rings (SSSR count). The fourth-order valence-electron chi connectivity index (χ4n) is 1.30. The second-order valence-corrected chi connectivity index (χ2v) is 4.50. The van der Waals surface area contributed by atoms with E-state index in [-0.39, 0.29) is 11.9 Å². The van der Waals surface area contributed by atoms with E-state index in [0.717, 1.165) is 4.88 Å². The largest absolute Gasteiger partial charge is 0.312 e. The summed E-state index contributed by atoms with van der Waals surface area (Å²) in [5, 5.41) is 3.82. The van der Waals surface area contributed by atoms with Crippen LogP contribution in [0.1, 0.15) is 17.8 Å². The Bertz CT molecular complexity index is 484. The van der Waals surface area contributed by atoms with E-state index in [1.165, 1.54) is 17.5 Å². The molecule has 1 unspecified atom stereocenters. The molecule has 0 aliphatic carbocycles. The van der Waals surface area contributed by atoms with Crippen molar-refractivity contribution >= 4 is 11.3 Å². The predicted octanol–water partition coefficient (Wildman–Crippen LogP) is 2.62. The number of rotatable bonds is 3. The summed E-state index contributed by atoms with van der Waals surface area (Å²) in [7, 11) is 1.89. The fourth-order valence-corrected chi connectivity index (χ4v) is 2.31. The zero-order valence-corrected chi connectivity index (χ0v) is 9.88. The number of halogens is 1. The van der Waals surface area contributed by atoms with Crippen LogP contribution in [0.3, 0.4) is 0 Å². The van der Waals surface area contributed by atoms with Crippen LogP contribution < -0.4 is 5.32 Å². The topological polar surface area (TPSA) is 37.8 Å². The molecule has 0 fully saturated rings. The minimum atomic E-state index is -0.333. The summed E-state index contributed by atoms with van der Waals surface area (Å²) in [6.45, 7) is 2.04. The molecule has 0 saturated carbocycles. The zero-order valence-electron chi connectivity index (χ0n) is 9.07. The van der Waals surface area contributed by atoms with Gasteiger partial charge in [-0.25, -0.2) is 9.37 Å². The van der Waals surface area contributed by atoms with E-state index in [9.17, 15) is 4.39 Å². The number of hydrogen-bond donors (Lipinski definition) is 1. The van der Waals surface area contributed by atoms with Crippen molar-refractivity contribution in [1.29, 1.82) is 0 Å². The Morgan fingerprint density at radius 1 is 1.44 bits per heavy atom. The third-order valence-electron chi connectivity index (χ3n) is 2.39. The van der Waals surface area contributed by atoms with Crippen molar-refractivity contribution in [2.45, 2.75) is 13.0 Å². The summed E-state index contributed by atoms with van der Waals surface area (Å²) in [4.78, 5) is 9.04.